The van der Waals surface area contributed by atoms with Gasteiger partial charge in [0.05, 0.1) is 18.8 Å². The van der Waals surface area contributed by atoms with Crippen LogP contribution in [0.3, 0.4) is 0 Å². The number of hydrogen-bond donors (Lipinski definition) is 1. The van der Waals surface area contributed by atoms with Crippen LogP contribution in [0.5, 0.6) is 0 Å². The van der Waals surface area contributed by atoms with Crippen molar-refractivity contribution in [2.45, 2.75) is 56.8 Å². The number of likely N-dealkylation sites (tertiary alicyclic amines) is 1. The van der Waals surface area contributed by atoms with Gasteiger partial charge in [-0.3, -0.25) is 4.90 Å². The van der Waals surface area contributed by atoms with Crippen LogP contribution in [-0.2, 0) is 15.9 Å². The van der Waals surface area contributed by atoms with Crippen LogP contribution in [0.25, 0.3) is 0 Å². The summed E-state index contributed by atoms with van der Waals surface area (Å²) in [6, 6.07) is 11.2. The molecule has 4 nitrogen and oxygen atoms in total. The first-order chi connectivity index (χ1) is 11.8. The van der Waals surface area contributed by atoms with Crippen molar-refractivity contribution < 1.29 is 14.6 Å². The normalized spacial score (nSPS) is 24.8. The van der Waals surface area contributed by atoms with E-state index in [-0.39, 0.29) is 6.10 Å². The Morgan fingerprint density at radius 2 is 1.92 bits per heavy atom. The average Bonchev–Trinajstić information content (AvgIpc) is 2.63. The van der Waals surface area contributed by atoms with Crippen molar-refractivity contribution in [1.29, 1.82) is 0 Å². The third kappa shape index (κ3) is 5.55. The van der Waals surface area contributed by atoms with Crippen molar-refractivity contribution >= 4 is 0 Å². The molecule has 0 bridgehead atoms. The van der Waals surface area contributed by atoms with Crippen LogP contribution >= 0.6 is 0 Å². The zero-order valence-electron chi connectivity index (χ0n) is 14.6. The smallest absolute Gasteiger partial charge is 0.0900 e. The molecule has 2 heterocycles. The van der Waals surface area contributed by atoms with Gasteiger partial charge in [-0.2, -0.15) is 0 Å². The first kappa shape index (κ1) is 17.9. The second-order valence-electron chi connectivity index (χ2n) is 7.13. The number of benzene rings is 1. The van der Waals surface area contributed by atoms with Gasteiger partial charge in [0.1, 0.15) is 0 Å². The highest BCUT2D eigenvalue weighted by molar-refractivity contribution is 5.16. The molecule has 0 aromatic heterocycles. The van der Waals surface area contributed by atoms with E-state index in [1.165, 1.54) is 24.8 Å². The van der Waals surface area contributed by atoms with E-state index in [0.29, 0.717) is 12.6 Å². The zero-order chi connectivity index (χ0) is 16.6. The van der Waals surface area contributed by atoms with Gasteiger partial charge >= 0.3 is 0 Å². The number of β-amino-alcohol motifs (C(OH)–C–C–N with tert-alkyl or cyclic N) is 1. The van der Waals surface area contributed by atoms with Gasteiger partial charge in [0.15, 0.2) is 0 Å². The molecule has 1 aromatic rings. The highest BCUT2D eigenvalue weighted by atomic mass is 16.5. The van der Waals surface area contributed by atoms with E-state index in [0.717, 1.165) is 45.6 Å². The monoisotopic (exact) mass is 333 g/mol. The van der Waals surface area contributed by atoms with Gasteiger partial charge in [-0.05, 0) is 44.2 Å². The maximum atomic E-state index is 10.4. The molecule has 2 aliphatic heterocycles. The topological polar surface area (TPSA) is 41.9 Å². The third-order valence-electron chi connectivity index (χ3n) is 5.20. The Morgan fingerprint density at radius 3 is 2.71 bits per heavy atom. The predicted molar refractivity (Wildman–Crippen MR) is 95.2 cm³/mol. The molecule has 4 heteroatoms. The van der Waals surface area contributed by atoms with E-state index in [1.54, 1.807) is 0 Å². The molecule has 1 N–H and O–H groups in total. The number of aliphatic hydroxyl groups excluding tert-OH is 1. The minimum Gasteiger partial charge on any atom is -0.389 e. The van der Waals surface area contributed by atoms with Crippen molar-refractivity contribution in [3.63, 3.8) is 0 Å². The van der Waals surface area contributed by atoms with Gasteiger partial charge in [0.2, 0.25) is 0 Å². The van der Waals surface area contributed by atoms with E-state index >= 15 is 0 Å². The molecule has 2 aliphatic rings. The van der Waals surface area contributed by atoms with Crippen molar-refractivity contribution in [2.75, 3.05) is 32.9 Å². The third-order valence-corrected chi connectivity index (χ3v) is 5.20. The molecule has 0 saturated carbocycles. The minimum atomic E-state index is -0.399. The summed E-state index contributed by atoms with van der Waals surface area (Å²) in [6.45, 7) is 3.82. The highest BCUT2D eigenvalue weighted by Gasteiger charge is 2.25. The summed E-state index contributed by atoms with van der Waals surface area (Å²) < 4.78 is 11.2. The van der Waals surface area contributed by atoms with Gasteiger partial charge in [-0.25, -0.2) is 0 Å². The molecule has 0 radical (unpaired) electrons. The van der Waals surface area contributed by atoms with Crippen molar-refractivity contribution in [2.24, 2.45) is 0 Å². The fourth-order valence-electron chi connectivity index (χ4n) is 3.83. The Labute approximate surface area is 145 Å². The molecule has 0 amide bonds. The fourth-order valence-corrected chi connectivity index (χ4v) is 3.83. The first-order valence-corrected chi connectivity index (χ1v) is 9.46. The van der Waals surface area contributed by atoms with Crippen LogP contribution in [-0.4, -0.2) is 61.2 Å². The second-order valence-corrected chi connectivity index (χ2v) is 7.13. The number of nitrogens with zero attached hydrogens (tertiary/aromatic N) is 1. The molecule has 3 rings (SSSR count). The van der Waals surface area contributed by atoms with Crippen LogP contribution in [0, 0.1) is 0 Å². The maximum Gasteiger partial charge on any atom is 0.0900 e. The fraction of sp³-hybridized carbons (Fsp3) is 0.700. The quantitative estimate of drug-likeness (QED) is 0.833. The minimum absolute atomic E-state index is 0.259. The van der Waals surface area contributed by atoms with Crippen molar-refractivity contribution in [3.05, 3.63) is 35.9 Å². The average molecular weight is 333 g/mol. The molecule has 1 aromatic carbocycles. The lowest BCUT2D eigenvalue weighted by Crippen LogP contribution is -2.46. The van der Waals surface area contributed by atoms with Crippen LogP contribution < -0.4 is 0 Å². The van der Waals surface area contributed by atoms with Crippen LogP contribution in [0.1, 0.15) is 37.7 Å². The summed E-state index contributed by atoms with van der Waals surface area (Å²) in [6.07, 6.45) is 6.59. The van der Waals surface area contributed by atoms with Crippen LogP contribution in [0.4, 0.5) is 0 Å². The van der Waals surface area contributed by atoms with Gasteiger partial charge in [0, 0.05) is 25.8 Å². The Morgan fingerprint density at radius 1 is 1.12 bits per heavy atom. The summed E-state index contributed by atoms with van der Waals surface area (Å²) >= 11 is 0. The lowest BCUT2D eigenvalue weighted by molar-refractivity contribution is -0.0673. The number of piperidine rings is 1. The van der Waals surface area contributed by atoms with E-state index < -0.39 is 6.10 Å². The molecule has 24 heavy (non-hydrogen) atoms. The van der Waals surface area contributed by atoms with Crippen LogP contribution in [0.15, 0.2) is 30.3 Å². The zero-order valence-corrected chi connectivity index (χ0v) is 14.6. The SMILES string of the molecule is OC(COC1CCOCC1)CN1CCCCC1Cc1ccccc1. The number of hydrogen-bond acceptors (Lipinski definition) is 4. The molecule has 134 valence electrons. The lowest BCUT2D eigenvalue weighted by atomic mass is 9.95. The van der Waals surface area contributed by atoms with Gasteiger partial charge in [-0.1, -0.05) is 36.8 Å². The summed E-state index contributed by atoms with van der Waals surface area (Å²) in [5.74, 6) is 0. The Balaban J connectivity index is 1.45. The Hall–Kier alpha value is -0.940. The van der Waals surface area contributed by atoms with Crippen molar-refractivity contribution in [1.82, 2.24) is 4.90 Å². The molecule has 2 fully saturated rings. The molecule has 0 aliphatic carbocycles. The molecule has 2 unspecified atom stereocenters. The number of aliphatic hydroxyl groups is 1. The summed E-state index contributed by atoms with van der Waals surface area (Å²) in [5, 5.41) is 10.4. The first-order valence-electron chi connectivity index (χ1n) is 9.46. The van der Waals surface area contributed by atoms with Gasteiger partial charge in [0.25, 0.3) is 0 Å². The summed E-state index contributed by atoms with van der Waals surface area (Å²) in [7, 11) is 0. The van der Waals surface area contributed by atoms with Gasteiger partial charge < -0.3 is 14.6 Å². The second kappa shape index (κ2) is 9.52. The molecule has 2 atom stereocenters. The van der Waals surface area contributed by atoms with E-state index in [4.69, 9.17) is 9.47 Å². The molecular weight excluding hydrogens is 302 g/mol. The summed E-state index contributed by atoms with van der Waals surface area (Å²) in [4.78, 5) is 2.47. The van der Waals surface area contributed by atoms with E-state index in [9.17, 15) is 5.11 Å². The van der Waals surface area contributed by atoms with E-state index in [1.807, 2.05) is 0 Å². The molecule has 0 spiro atoms. The maximum absolute atomic E-state index is 10.4. The number of ether oxygens (including phenoxy) is 2. The largest absolute Gasteiger partial charge is 0.389 e. The van der Waals surface area contributed by atoms with Crippen molar-refractivity contribution in [3.8, 4) is 0 Å². The standard InChI is InChI=1S/C20H31NO3/c22-19(16-24-20-9-12-23-13-10-20)15-21-11-5-4-8-18(21)14-17-6-2-1-3-7-17/h1-3,6-7,18-20,22H,4-5,8-16H2. The summed E-state index contributed by atoms with van der Waals surface area (Å²) in [5.41, 5.74) is 1.39. The molecular formula is C20H31NO3. The van der Waals surface area contributed by atoms with E-state index in [2.05, 4.69) is 35.2 Å². The Kier molecular flexibility index (Phi) is 7.09. The Bertz CT molecular complexity index is 461. The van der Waals surface area contributed by atoms with Crippen LogP contribution in [0.2, 0.25) is 0 Å². The highest BCUT2D eigenvalue weighted by Crippen LogP contribution is 2.21. The number of rotatable bonds is 7. The predicted octanol–water partition coefficient (Wildman–Crippen LogP) is 2.64. The van der Waals surface area contributed by atoms with Gasteiger partial charge in [-0.15, -0.1) is 0 Å². The molecule has 2 saturated heterocycles. The lowest BCUT2D eigenvalue weighted by Gasteiger charge is -2.37.